The topological polar surface area (TPSA) is 59.8 Å². The number of benzene rings is 1. The summed E-state index contributed by atoms with van der Waals surface area (Å²) in [6.45, 7) is 5.02. The molecule has 5 nitrogen and oxygen atoms in total. The van der Waals surface area contributed by atoms with Gasteiger partial charge in [0, 0.05) is 18.3 Å². The molecule has 0 saturated heterocycles. The Bertz CT molecular complexity index is 739. The molecule has 0 aliphatic heterocycles. The number of aromatic nitrogens is 3. The molecule has 2 aromatic rings. The Hall–Kier alpha value is -1.47. The fourth-order valence-corrected chi connectivity index (χ4v) is 5.02. The fourth-order valence-electron chi connectivity index (χ4n) is 3.26. The highest BCUT2D eigenvalue weighted by molar-refractivity contribution is 7.99. The van der Waals surface area contributed by atoms with E-state index < -0.39 is 0 Å². The summed E-state index contributed by atoms with van der Waals surface area (Å²) >= 11 is 3.33. The maximum absolute atomic E-state index is 12.1. The number of nitrogens with one attached hydrogen (secondary N) is 1. The summed E-state index contributed by atoms with van der Waals surface area (Å²) in [5, 5.41) is 12.6. The Morgan fingerprint density at radius 2 is 1.93 bits per heavy atom. The first-order chi connectivity index (χ1) is 13.2. The summed E-state index contributed by atoms with van der Waals surface area (Å²) in [6.07, 6.45) is 4.69. The number of amides is 1. The number of aryl methyl sites for hydroxylation is 1. The van der Waals surface area contributed by atoms with Crippen molar-refractivity contribution in [1.82, 2.24) is 20.1 Å². The number of carbonyl (C=O) groups excluding carboxylic acids is 1. The van der Waals surface area contributed by atoms with E-state index in [2.05, 4.69) is 58.2 Å². The van der Waals surface area contributed by atoms with Gasteiger partial charge < -0.3 is 9.88 Å². The Labute approximate surface area is 170 Å². The molecule has 1 aromatic carbocycles. The van der Waals surface area contributed by atoms with Crippen LogP contribution in [-0.4, -0.2) is 32.5 Å². The summed E-state index contributed by atoms with van der Waals surface area (Å²) in [5.74, 6) is 3.28. The van der Waals surface area contributed by atoms with Crippen molar-refractivity contribution < 1.29 is 4.79 Å². The molecule has 1 aliphatic carbocycles. The molecule has 146 valence electrons. The smallest absolute Gasteiger partial charge is 0.230 e. The summed E-state index contributed by atoms with van der Waals surface area (Å²) in [6, 6.07) is 9.02. The maximum Gasteiger partial charge on any atom is 0.230 e. The van der Waals surface area contributed by atoms with Crippen molar-refractivity contribution in [3.8, 4) is 0 Å². The molecule has 1 aliphatic rings. The molecule has 7 heteroatoms. The van der Waals surface area contributed by atoms with Gasteiger partial charge in [0.1, 0.15) is 5.82 Å². The SMILES string of the molecule is CCn1c(CSCc2ccc(C)cc2)nnc1SCC(=O)NC1CCCC1. The van der Waals surface area contributed by atoms with E-state index in [1.54, 1.807) is 0 Å². The minimum Gasteiger partial charge on any atom is -0.353 e. The van der Waals surface area contributed by atoms with E-state index in [4.69, 9.17) is 0 Å². The highest BCUT2D eigenvalue weighted by Crippen LogP contribution is 2.22. The first kappa shape index (κ1) is 20.3. The molecule has 1 N–H and O–H groups in total. The van der Waals surface area contributed by atoms with Crippen LogP contribution in [0.1, 0.15) is 49.6 Å². The van der Waals surface area contributed by atoms with Gasteiger partial charge in [0.15, 0.2) is 5.16 Å². The average Bonchev–Trinajstić information content (AvgIpc) is 3.31. The van der Waals surface area contributed by atoms with Crippen molar-refractivity contribution in [2.24, 2.45) is 0 Å². The van der Waals surface area contributed by atoms with Crippen LogP contribution in [0.3, 0.4) is 0 Å². The van der Waals surface area contributed by atoms with Gasteiger partial charge >= 0.3 is 0 Å². The van der Waals surface area contributed by atoms with Gasteiger partial charge in [0.2, 0.25) is 5.91 Å². The van der Waals surface area contributed by atoms with E-state index >= 15 is 0 Å². The number of rotatable bonds is 9. The van der Waals surface area contributed by atoms with Gasteiger partial charge in [0.05, 0.1) is 11.5 Å². The van der Waals surface area contributed by atoms with Crippen LogP contribution >= 0.6 is 23.5 Å². The van der Waals surface area contributed by atoms with Crippen LogP contribution in [0.2, 0.25) is 0 Å². The number of hydrogen-bond acceptors (Lipinski definition) is 5. The predicted molar refractivity (Wildman–Crippen MR) is 113 cm³/mol. The van der Waals surface area contributed by atoms with E-state index in [1.165, 1.54) is 35.7 Å². The van der Waals surface area contributed by atoms with Gasteiger partial charge in [-0.15, -0.1) is 22.0 Å². The Kier molecular flexibility index (Phi) is 7.64. The fraction of sp³-hybridized carbons (Fsp3) is 0.550. The molecule has 1 amide bonds. The van der Waals surface area contributed by atoms with Crippen LogP contribution in [0.25, 0.3) is 0 Å². The minimum absolute atomic E-state index is 0.104. The number of carbonyl (C=O) groups is 1. The molecular weight excluding hydrogens is 376 g/mol. The second-order valence-electron chi connectivity index (χ2n) is 6.96. The maximum atomic E-state index is 12.1. The Morgan fingerprint density at radius 1 is 1.19 bits per heavy atom. The predicted octanol–water partition coefficient (Wildman–Crippen LogP) is 4.19. The highest BCUT2D eigenvalue weighted by atomic mass is 32.2. The van der Waals surface area contributed by atoms with E-state index in [0.717, 1.165) is 41.9 Å². The van der Waals surface area contributed by atoms with E-state index in [-0.39, 0.29) is 5.91 Å². The molecule has 1 heterocycles. The van der Waals surface area contributed by atoms with Gasteiger partial charge in [-0.25, -0.2) is 0 Å². The Balaban J connectivity index is 1.48. The third-order valence-corrected chi connectivity index (χ3v) is 6.75. The molecule has 27 heavy (non-hydrogen) atoms. The monoisotopic (exact) mass is 404 g/mol. The zero-order chi connectivity index (χ0) is 19.1. The summed E-state index contributed by atoms with van der Waals surface area (Å²) in [7, 11) is 0. The van der Waals surface area contributed by atoms with Crippen LogP contribution in [-0.2, 0) is 22.8 Å². The first-order valence-electron chi connectivity index (χ1n) is 9.63. The molecule has 0 radical (unpaired) electrons. The zero-order valence-corrected chi connectivity index (χ0v) is 17.7. The first-order valence-corrected chi connectivity index (χ1v) is 11.8. The minimum atomic E-state index is 0.104. The molecular formula is C20H28N4OS2. The summed E-state index contributed by atoms with van der Waals surface area (Å²) < 4.78 is 2.12. The van der Waals surface area contributed by atoms with Crippen molar-refractivity contribution in [2.75, 3.05) is 5.75 Å². The lowest BCUT2D eigenvalue weighted by Gasteiger charge is -2.11. The third kappa shape index (κ3) is 6.01. The molecule has 0 atom stereocenters. The van der Waals surface area contributed by atoms with Crippen LogP contribution in [0.5, 0.6) is 0 Å². The van der Waals surface area contributed by atoms with Crippen LogP contribution < -0.4 is 5.32 Å². The second kappa shape index (κ2) is 10.2. The molecule has 0 bridgehead atoms. The van der Waals surface area contributed by atoms with Gasteiger partial charge in [-0.1, -0.05) is 54.4 Å². The number of hydrogen-bond donors (Lipinski definition) is 1. The van der Waals surface area contributed by atoms with Crippen LogP contribution in [0.15, 0.2) is 29.4 Å². The van der Waals surface area contributed by atoms with E-state index in [0.29, 0.717) is 11.8 Å². The lowest BCUT2D eigenvalue weighted by molar-refractivity contribution is -0.119. The van der Waals surface area contributed by atoms with Crippen LogP contribution in [0, 0.1) is 6.92 Å². The molecule has 0 spiro atoms. The molecule has 1 saturated carbocycles. The van der Waals surface area contributed by atoms with Crippen molar-refractivity contribution in [2.45, 2.75) is 68.8 Å². The van der Waals surface area contributed by atoms with Gasteiger partial charge in [0.25, 0.3) is 0 Å². The standard InChI is InChI=1S/C20H28N4OS2/c1-3-24-18(13-26-12-16-10-8-15(2)9-11-16)22-23-20(24)27-14-19(25)21-17-6-4-5-7-17/h8-11,17H,3-7,12-14H2,1-2H3,(H,21,25). The van der Waals surface area contributed by atoms with E-state index in [1.807, 2.05) is 11.8 Å². The van der Waals surface area contributed by atoms with Crippen molar-refractivity contribution in [3.63, 3.8) is 0 Å². The second-order valence-corrected chi connectivity index (χ2v) is 8.89. The van der Waals surface area contributed by atoms with Gasteiger partial charge in [-0.3, -0.25) is 4.79 Å². The summed E-state index contributed by atoms with van der Waals surface area (Å²) in [4.78, 5) is 12.1. The zero-order valence-electron chi connectivity index (χ0n) is 16.1. The summed E-state index contributed by atoms with van der Waals surface area (Å²) in [5.41, 5.74) is 2.61. The number of thioether (sulfide) groups is 2. The Morgan fingerprint density at radius 3 is 2.63 bits per heavy atom. The van der Waals surface area contributed by atoms with Gasteiger partial charge in [-0.2, -0.15) is 0 Å². The normalized spacial score (nSPS) is 14.6. The number of nitrogens with zero attached hydrogens (tertiary/aromatic N) is 3. The van der Waals surface area contributed by atoms with E-state index in [9.17, 15) is 4.79 Å². The van der Waals surface area contributed by atoms with Gasteiger partial charge in [-0.05, 0) is 32.3 Å². The quantitative estimate of drug-likeness (QED) is 0.635. The molecule has 3 rings (SSSR count). The average molecular weight is 405 g/mol. The van der Waals surface area contributed by atoms with Crippen LogP contribution in [0.4, 0.5) is 0 Å². The lowest BCUT2D eigenvalue weighted by atomic mass is 10.2. The molecule has 0 unspecified atom stereocenters. The van der Waals surface area contributed by atoms with Crippen molar-refractivity contribution in [3.05, 3.63) is 41.2 Å². The lowest BCUT2D eigenvalue weighted by Crippen LogP contribution is -2.33. The van der Waals surface area contributed by atoms with Crippen molar-refractivity contribution >= 4 is 29.4 Å². The van der Waals surface area contributed by atoms with Crippen molar-refractivity contribution in [1.29, 1.82) is 0 Å². The largest absolute Gasteiger partial charge is 0.353 e. The molecule has 1 fully saturated rings. The third-order valence-electron chi connectivity index (χ3n) is 4.78. The highest BCUT2D eigenvalue weighted by Gasteiger charge is 2.18. The molecule has 1 aromatic heterocycles.